The van der Waals surface area contributed by atoms with Crippen LogP contribution in [0.15, 0.2) is 64.0 Å². The molecule has 1 N–H and O–H groups in total. The van der Waals surface area contributed by atoms with Gasteiger partial charge in [0.05, 0.1) is 29.5 Å². The molecule has 0 spiro atoms. The first-order valence-corrected chi connectivity index (χ1v) is 12.7. The van der Waals surface area contributed by atoms with E-state index in [0.717, 1.165) is 11.3 Å². The van der Waals surface area contributed by atoms with E-state index in [1.54, 1.807) is 18.2 Å². The van der Waals surface area contributed by atoms with Crippen molar-refractivity contribution in [1.82, 2.24) is 9.46 Å². The maximum absolute atomic E-state index is 13.2. The van der Waals surface area contributed by atoms with Crippen LogP contribution in [0.1, 0.15) is 24.4 Å². The lowest BCUT2D eigenvalue weighted by atomic mass is 10.1. The highest BCUT2D eigenvalue weighted by atomic mass is 32.2. The standard InChI is InChI=1S/C24H28N4O5S/c1-3-27(4-2)22-11-10-19(34(30,31)28-12-14-32-15-13-28)16-21(22)25-24(29)23-17-20(26-33-23)18-8-6-5-7-9-18/h5-11,16-17H,3-4,12-15H2,1-2H3,(H,25,29). The van der Waals surface area contributed by atoms with Gasteiger partial charge in [-0.1, -0.05) is 35.5 Å². The summed E-state index contributed by atoms with van der Waals surface area (Å²) in [6.45, 7) is 6.67. The predicted octanol–water partition coefficient (Wildman–Crippen LogP) is 3.46. The predicted molar refractivity (Wildman–Crippen MR) is 129 cm³/mol. The molecule has 0 radical (unpaired) electrons. The zero-order valence-corrected chi connectivity index (χ0v) is 20.0. The highest BCUT2D eigenvalue weighted by molar-refractivity contribution is 7.89. The fourth-order valence-electron chi connectivity index (χ4n) is 3.86. The summed E-state index contributed by atoms with van der Waals surface area (Å²) in [5.74, 6) is -0.477. The smallest absolute Gasteiger partial charge is 0.294 e. The normalized spacial score (nSPS) is 14.6. The Hall–Kier alpha value is -3.21. The van der Waals surface area contributed by atoms with Crippen molar-refractivity contribution in [2.24, 2.45) is 0 Å². The number of aromatic nitrogens is 1. The van der Waals surface area contributed by atoms with E-state index < -0.39 is 15.9 Å². The van der Waals surface area contributed by atoms with Gasteiger partial charge in [0, 0.05) is 37.8 Å². The van der Waals surface area contributed by atoms with Gasteiger partial charge in [0.1, 0.15) is 5.69 Å². The third kappa shape index (κ3) is 4.98. The molecule has 1 saturated heterocycles. The van der Waals surface area contributed by atoms with Crippen LogP contribution in [-0.4, -0.2) is 63.2 Å². The van der Waals surface area contributed by atoms with E-state index in [4.69, 9.17) is 9.26 Å². The van der Waals surface area contributed by atoms with Crippen molar-refractivity contribution < 1.29 is 22.5 Å². The van der Waals surface area contributed by atoms with Gasteiger partial charge in [-0.25, -0.2) is 8.42 Å². The van der Waals surface area contributed by atoms with Crippen molar-refractivity contribution in [3.63, 3.8) is 0 Å². The molecule has 2 aromatic carbocycles. The average molecular weight is 485 g/mol. The Kier molecular flexibility index (Phi) is 7.30. The quantitative estimate of drug-likeness (QED) is 0.522. The molecular weight excluding hydrogens is 456 g/mol. The molecule has 1 fully saturated rings. The Morgan fingerprint density at radius 2 is 1.76 bits per heavy atom. The number of carbonyl (C=O) groups excluding carboxylic acids is 1. The Bertz CT molecular complexity index is 1230. The number of benzene rings is 2. The zero-order chi connectivity index (χ0) is 24.1. The molecule has 0 aliphatic carbocycles. The maximum atomic E-state index is 13.2. The van der Waals surface area contributed by atoms with Crippen molar-refractivity contribution in [3.05, 3.63) is 60.4 Å². The summed E-state index contributed by atoms with van der Waals surface area (Å²) in [7, 11) is -3.73. The number of rotatable bonds is 8. The Morgan fingerprint density at radius 1 is 1.06 bits per heavy atom. The SMILES string of the molecule is CCN(CC)c1ccc(S(=O)(=O)N2CCOCC2)cc1NC(=O)c1cc(-c2ccccc2)no1. The molecule has 34 heavy (non-hydrogen) atoms. The first-order valence-electron chi connectivity index (χ1n) is 11.2. The van der Waals surface area contributed by atoms with Gasteiger partial charge < -0.3 is 19.5 Å². The van der Waals surface area contributed by atoms with Crippen LogP contribution < -0.4 is 10.2 Å². The molecule has 1 aliphatic heterocycles. The van der Waals surface area contributed by atoms with Gasteiger partial charge in [-0.3, -0.25) is 4.79 Å². The highest BCUT2D eigenvalue weighted by Crippen LogP contribution is 2.31. The fourth-order valence-corrected chi connectivity index (χ4v) is 5.30. The number of sulfonamides is 1. The number of anilines is 2. The van der Waals surface area contributed by atoms with Crippen LogP contribution in [0, 0.1) is 0 Å². The van der Waals surface area contributed by atoms with E-state index in [0.29, 0.717) is 50.8 Å². The summed E-state index contributed by atoms with van der Waals surface area (Å²) < 4.78 is 38.3. The molecule has 0 saturated carbocycles. The van der Waals surface area contributed by atoms with E-state index in [1.807, 2.05) is 49.1 Å². The minimum Gasteiger partial charge on any atom is -0.379 e. The largest absolute Gasteiger partial charge is 0.379 e. The second kappa shape index (κ2) is 10.4. The van der Waals surface area contributed by atoms with Crippen LogP contribution in [0.3, 0.4) is 0 Å². The molecule has 9 nitrogen and oxygen atoms in total. The summed E-state index contributed by atoms with van der Waals surface area (Å²) in [5, 5.41) is 6.83. The summed E-state index contributed by atoms with van der Waals surface area (Å²) in [6.07, 6.45) is 0. The summed E-state index contributed by atoms with van der Waals surface area (Å²) >= 11 is 0. The Balaban J connectivity index is 1.65. The minimum absolute atomic E-state index is 0.0331. The number of morpholine rings is 1. The zero-order valence-electron chi connectivity index (χ0n) is 19.2. The number of hydrogen-bond acceptors (Lipinski definition) is 7. The van der Waals surface area contributed by atoms with Crippen molar-refractivity contribution in [2.75, 3.05) is 49.6 Å². The van der Waals surface area contributed by atoms with Crippen LogP contribution in [0.5, 0.6) is 0 Å². The molecule has 1 amide bonds. The van der Waals surface area contributed by atoms with Crippen LogP contribution in [0.25, 0.3) is 11.3 Å². The van der Waals surface area contributed by atoms with Crippen molar-refractivity contribution in [1.29, 1.82) is 0 Å². The van der Waals surface area contributed by atoms with Crippen LogP contribution in [0.2, 0.25) is 0 Å². The summed E-state index contributed by atoms with van der Waals surface area (Å²) in [4.78, 5) is 15.2. The lowest BCUT2D eigenvalue weighted by molar-refractivity contribution is 0.0730. The van der Waals surface area contributed by atoms with Gasteiger partial charge in [-0.2, -0.15) is 4.31 Å². The van der Waals surface area contributed by atoms with E-state index in [-0.39, 0.29) is 10.7 Å². The lowest BCUT2D eigenvalue weighted by Crippen LogP contribution is -2.40. The number of nitrogens with zero attached hydrogens (tertiary/aromatic N) is 3. The van der Waals surface area contributed by atoms with Crippen molar-refractivity contribution in [3.8, 4) is 11.3 Å². The van der Waals surface area contributed by atoms with E-state index >= 15 is 0 Å². The first kappa shape index (κ1) is 23.9. The van der Waals surface area contributed by atoms with E-state index in [1.165, 1.54) is 10.4 Å². The van der Waals surface area contributed by atoms with Gasteiger partial charge in [-0.05, 0) is 32.0 Å². The monoisotopic (exact) mass is 484 g/mol. The average Bonchev–Trinajstić information content (AvgIpc) is 3.37. The first-order chi connectivity index (χ1) is 16.4. The number of ether oxygens (including phenoxy) is 1. The van der Waals surface area contributed by atoms with Gasteiger partial charge in [-0.15, -0.1) is 0 Å². The van der Waals surface area contributed by atoms with E-state index in [9.17, 15) is 13.2 Å². The maximum Gasteiger partial charge on any atom is 0.294 e. The molecular formula is C24H28N4O5S. The third-order valence-corrected chi connectivity index (χ3v) is 7.63. The molecule has 180 valence electrons. The molecule has 1 aliphatic rings. The topological polar surface area (TPSA) is 105 Å². The van der Waals surface area contributed by atoms with Gasteiger partial charge in [0.15, 0.2) is 0 Å². The number of nitrogens with one attached hydrogen (secondary N) is 1. The molecule has 10 heteroatoms. The second-order valence-electron chi connectivity index (χ2n) is 7.76. The van der Waals surface area contributed by atoms with Gasteiger partial charge in [0.2, 0.25) is 15.8 Å². The Morgan fingerprint density at radius 3 is 2.44 bits per heavy atom. The van der Waals surface area contributed by atoms with E-state index in [2.05, 4.69) is 10.5 Å². The van der Waals surface area contributed by atoms with Crippen molar-refractivity contribution >= 4 is 27.3 Å². The number of carbonyl (C=O) groups is 1. The summed E-state index contributed by atoms with van der Waals surface area (Å²) in [5.41, 5.74) is 2.48. The summed E-state index contributed by atoms with van der Waals surface area (Å²) in [6, 6.07) is 15.8. The van der Waals surface area contributed by atoms with Gasteiger partial charge >= 0.3 is 0 Å². The number of hydrogen-bond donors (Lipinski definition) is 1. The van der Waals surface area contributed by atoms with Crippen LogP contribution in [-0.2, 0) is 14.8 Å². The molecule has 4 rings (SSSR count). The fraction of sp³-hybridized carbons (Fsp3) is 0.333. The Labute approximate surface area is 199 Å². The highest BCUT2D eigenvalue weighted by Gasteiger charge is 2.28. The third-order valence-electron chi connectivity index (χ3n) is 5.73. The molecule has 0 atom stereocenters. The second-order valence-corrected chi connectivity index (χ2v) is 9.70. The van der Waals surface area contributed by atoms with Gasteiger partial charge in [0.25, 0.3) is 5.91 Å². The van der Waals surface area contributed by atoms with Crippen LogP contribution >= 0.6 is 0 Å². The minimum atomic E-state index is -3.73. The number of amides is 1. The lowest BCUT2D eigenvalue weighted by Gasteiger charge is -2.28. The molecule has 3 aromatic rings. The molecule has 1 aromatic heterocycles. The molecule has 0 bridgehead atoms. The molecule has 2 heterocycles. The van der Waals surface area contributed by atoms with Crippen molar-refractivity contribution in [2.45, 2.75) is 18.7 Å². The van der Waals surface area contributed by atoms with Crippen LogP contribution in [0.4, 0.5) is 11.4 Å². The molecule has 0 unspecified atom stereocenters.